The number of halogens is 1. The molecule has 0 aliphatic rings. The van der Waals surface area contributed by atoms with E-state index in [-0.39, 0.29) is 46.4 Å². The maximum Gasteiger partial charge on any atom is 0.325 e. The van der Waals surface area contributed by atoms with Crippen molar-refractivity contribution >= 4 is 46.0 Å². The fourth-order valence-corrected chi connectivity index (χ4v) is 3.98. The molecule has 0 radical (unpaired) electrons. The minimum Gasteiger partial charge on any atom is -0.493 e. The molecule has 2 N–H and O–H groups in total. The molecule has 0 saturated heterocycles. The van der Waals surface area contributed by atoms with Crippen molar-refractivity contribution in [3.8, 4) is 28.6 Å². The monoisotopic (exact) mass is 580 g/mol. The molecule has 212 valence electrons. The normalized spacial score (nSPS) is 10.5. The number of hydrogen-bond acceptors (Lipinski definition) is 9. The highest BCUT2D eigenvalue weighted by atomic mass is 35.5. The Hall–Kier alpha value is -5.03. The SMILES string of the molecule is COC(=O)CNC(=O)COc1c(OC)c(OC)cc2oc(-c3cccc(C(=O)Nc4ccc(Cl)cc4)c3)cc(=O)c12. The van der Waals surface area contributed by atoms with E-state index >= 15 is 0 Å². The van der Waals surface area contributed by atoms with Crippen LogP contribution in [0.4, 0.5) is 5.69 Å². The highest BCUT2D eigenvalue weighted by Crippen LogP contribution is 2.43. The van der Waals surface area contributed by atoms with Crippen LogP contribution >= 0.6 is 11.6 Å². The number of anilines is 1. The van der Waals surface area contributed by atoms with Crippen LogP contribution in [-0.2, 0) is 14.3 Å². The Bertz CT molecular complexity index is 1670. The van der Waals surface area contributed by atoms with Crippen molar-refractivity contribution in [1.82, 2.24) is 5.32 Å². The highest BCUT2D eigenvalue weighted by molar-refractivity contribution is 6.30. The number of carbonyl (C=O) groups excluding carboxylic acids is 3. The number of methoxy groups -OCH3 is 3. The maximum atomic E-state index is 13.4. The summed E-state index contributed by atoms with van der Waals surface area (Å²) in [6.45, 7) is -0.890. The van der Waals surface area contributed by atoms with Crippen LogP contribution in [0.1, 0.15) is 10.4 Å². The Labute approximate surface area is 238 Å². The van der Waals surface area contributed by atoms with Crippen LogP contribution in [0.2, 0.25) is 5.02 Å². The number of benzene rings is 3. The summed E-state index contributed by atoms with van der Waals surface area (Å²) in [5.74, 6) is -1.29. The Balaban J connectivity index is 1.68. The predicted molar refractivity (Wildman–Crippen MR) is 151 cm³/mol. The van der Waals surface area contributed by atoms with E-state index < -0.39 is 23.9 Å². The van der Waals surface area contributed by atoms with Crippen LogP contribution in [-0.4, -0.2) is 52.3 Å². The van der Waals surface area contributed by atoms with Crippen molar-refractivity contribution in [2.45, 2.75) is 0 Å². The summed E-state index contributed by atoms with van der Waals surface area (Å²) >= 11 is 5.91. The summed E-state index contributed by atoms with van der Waals surface area (Å²) in [5, 5.41) is 5.68. The van der Waals surface area contributed by atoms with Crippen molar-refractivity contribution in [2.75, 3.05) is 39.8 Å². The van der Waals surface area contributed by atoms with E-state index in [1.165, 1.54) is 33.5 Å². The molecular weight excluding hydrogens is 556 g/mol. The number of amides is 2. The second-order valence-electron chi connectivity index (χ2n) is 8.47. The molecule has 12 heteroatoms. The number of nitrogens with one attached hydrogen (secondary N) is 2. The summed E-state index contributed by atoms with van der Waals surface area (Å²) in [5.41, 5.74) is 0.950. The molecule has 1 heterocycles. The zero-order valence-corrected chi connectivity index (χ0v) is 23.0. The fourth-order valence-electron chi connectivity index (χ4n) is 3.85. The quantitative estimate of drug-likeness (QED) is 0.266. The van der Waals surface area contributed by atoms with E-state index in [9.17, 15) is 19.2 Å². The molecule has 41 heavy (non-hydrogen) atoms. The van der Waals surface area contributed by atoms with Gasteiger partial charge in [0.05, 0.1) is 21.3 Å². The third-order valence-electron chi connectivity index (χ3n) is 5.83. The third-order valence-corrected chi connectivity index (χ3v) is 6.09. The third kappa shape index (κ3) is 6.76. The average molecular weight is 581 g/mol. The van der Waals surface area contributed by atoms with Crippen molar-refractivity contribution < 1.29 is 37.7 Å². The Kier molecular flexibility index (Phi) is 9.10. The first kappa shape index (κ1) is 29.0. The average Bonchev–Trinajstić information content (AvgIpc) is 2.98. The minimum absolute atomic E-state index is 0.00352. The molecular formula is C29H25ClN2O9. The van der Waals surface area contributed by atoms with E-state index in [0.29, 0.717) is 21.8 Å². The van der Waals surface area contributed by atoms with Gasteiger partial charge < -0.3 is 34.0 Å². The zero-order chi connectivity index (χ0) is 29.5. The van der Waals surface area contributed by atoms with Gasteiger partial charge in [0.1, 0.15) is 23.3 Å². The van der Waals surface area contributed by atoms with Crippen LogP contribution in [0.5, 0.6) is 17.2 Å². The summed E-state index contributed by atoms with van der Waals surface area (Å²) in [7, 11) is 3.93. The lowest BCUT2D eigenvalue weighted by molar-refractivity contribution is -0.141. The van der Waals surface area contributed by atoms with Crippen LogP contribution in [0.3, 0.4) is 0 Å². The van der Waals surface area contributed by atoms with E-state index in [1.807, 2.05) is 0 Å². The molecule has 11 nitrogen and oxygen atoms in total. The first-order valence-corrected chi connectivity index (χ1v) is 12.5. The number of esters is 1. The van der Waals surface area contributed by atoms with Gasteiger partial charge in [-0.1, -0.05) is 23.7 Å². The van der Waals surface area contributed by atoms with Crippen molar-refractivity contribution in [1.29, 1.82) is 0 Å². The first-order chi connectivity index (χ1) is 19.7. The molecule has 4 rings (SSSR count). The van der Waals surface area contributed by atoms with Gasteiger partial charge in [-0.3, -0.25) is 19.2 Å². The van der Waals surface area contributed by atoms with Gasteiger partial charge in [0.2, 0.25) is 5.75 Å². The number of ether oxygens (including phenoxy) is 4. The molecule has 0 bridgehead atoms. The summed E-state index contributed by atoms with van der Waals surface area (Å²) in [6, 6.07) is 15.9. The number of rotatable bonds is 10. The first-order valence-electron chi connectivity index (χ1n) is 12.1. The summed E-state index contributed by atoms with van der Waals surface area (Å²) in [6.07, 6.45) is 0. The van der Waals surface area contributed by atoms with Gasteiger partial charge in [-0.25, -0.2) is 0 Å². The van der Waals surface area contributed by atoms with E-state index in [0.717, 1.165) is 0 Å². The van der Waals surface area contributed by atoms with Gasteiger partial charge in [0.25, 0.3) is 11.8 Å². The Morgan fingerprint density at radius 3 is 2.37 bits per heavy atom. The van der Waals surface area contributed by atoms with Gasteiger partial charge in [0.15, 0.2) is 23.5 Å². The van der Waals surface area contributed by atoms with Crippen LogP contribution in [0, 0.1) is 0 Å². The Morgan fingerprint density at radius 1 is 0.927 bits per heavy atom. The predicted octanol–water partition coefficient (Wildman–Crippen LogP) is 4.05. The Morgan fingerprint density at radius 2 is 1.68 bits per heavy atom. The molecule has 3 aromatic carbocycles. The molecule has 0 spiro atoms. The molecule has 0 fully saturated rings. The smallest absolute Gasteiger partial charge is 0.325 e. The fraction of sp³-hybridized carbons (Fsp3) is 0.172. The lowest BCUT2D eigenvalue weighted by Gasteiger charge is -2.16. The minimum atomic E-state index is -0.637. The molecule has 0 unspecified atom stereocenters. The van der Waals surface area contributed by atoms with Gasteiger partial charge in [-0.15, -0.1) is 0 Å². The topological polar surface area (TPSA) is 142 Å². The van der Waals surface area contributed by atoms with E-state index in [1.54, 1.807) is 48.5 Å². The molecule has 0 saturated carbocycles. The van der Waals surface area contributed by atoms with Crippen molar-refractivity contribution in [2.24, 2.45) is 0 Å². The second kappa shape index (κ2) is 12.9. The van der Waals surface area contributed by atoms with Crippen LogP contribution in [0.15, 0.2) is 69.9 Å². The summed E-state index contributed by atoms with van der Waals surface area (Å²) < 4.78 is 27.0. The van der Waals surface area contributed by atoms with E-state index in [4.69, 9.17) is 30.2 Å². The largest absolute Gasteiger partial charge is 0.493 e. The second-order valence-corrected chi connectivity index (χ2v) is 8.91. The highest BCUT2D eigenvalue weighted by Gasteiger charge is 2.23. The van der Waals surface area contributed by atoms with Gasteiger partial charge in [-0.2, -0.15) is 0 Å². The summed E-state index contributed by atoms with van der Waals surface area (Å²) in [4.78, 5) is 49.7. The molecule has 0 aliphatic heterocycles. The lowest BCUT2D eigenvalue weighted by Crippen LogP contribution is -2.33. The van der Waals surface area contributed by atoms with Crippen molar-refractivity contribution in [3.63, 3.8) is 0 Å². The lowest BCUT2D eigenvalue weighted by atomic mass is 10.1. The van der Waals surface area contributed by atoms with Gasteiger partial charge in [-0.05, 0) is 36.4 Å². The van der Waals surface area contributed by atoms with Crippen LogP contribution < -0.4 is 30.3 Å². The van der Waals surface area contributed by atoms with Crippen molar-refractivity contribution in [3.05, 3.63) is 81.5 Å². The molecule has 2 amide bonds. The molecule has 4 aromatic rings. The number of fused-ring (bicyclic) bond motifs is 1. The maximum absolute atomic E-state index is 13.4. The van der Waals surface area contributed by atoms with E-state index in [2.05, 4.69) is 15.4 Å². The standard InChI is InChI=1S/C29H25ClN2O9/c1-37-23-13-22-26(28(27(23)39-3)40-15-24(34)31-14-25(35)38-2)20(33)12-21(41-22)16-5-4-6-17(11-16)29(36)32-19-9-7-18(30)8-10-19/h4-13H,14-15H2,1-3H3,(H,31,34)(H,32,36). The zero-order valence-electron chi connectivity index (χ0n) is 22.2. The molecule has 0 atom stereocenters. The molecule has 1 aromatic heterocycles. The van der Waals surface area contributed by atoms with Crippen LogP contribution in [0.25, 0.3) is 22.3 Å². The number of carbonyl (C=O) groups is 3. The van der Waals surface area contributed by atoms with Gasteiger partial charge >= 0.3 is 5.97 Å². The number of hydrogen-bond donors (Lipinski definition) is 2. The van der Waals surface area contributed by atoms with Gasteiger partial charge in [0, 0.05) is 34.0 Å². The molecule has 0 aliphatic carbocycles.